The van der Waals surface area contributed by atoms with E-state index in [4.69, 9.17) is 21.6 Å². The van der Waals surface area contributed by atoms with E-state index in [1.54, 1.807) is 56.3 Å². The molecule has 0 aliphatic rings. The molecule has 0 saturated heterocycles. The molecule has 0 aliphatic carbocycles. The molecule has 146 valence electrons. The van der Waals surface area contributed by atoms with Crippen LogP contribution < -0.4 is 15.7 Å². The highest BCUT2D eigenvalue weighted by Crippen LogP contribution is 2.24. The smallest absolute Gasteiger partial charge is 0.287 e. The number of para-hydroxylation sites is 1. The first kappa shape index (κ1) is 20.2. The lowest BCUT2D eigenvalue weighted by Gasteiger charge is -2.13. The number of benzene rings is 2. The molecule has 29 heavy (non-hydrogen) atoms. The van der Waals surface area contributed by atoms with Crippen LogP contribution in [0.3, 0.4) is 0 Å². The summed E-state index contributed by atoms with van der Waals surface area (Å²) in [6.45, 7) is 3.67. The minimum atomic E-state index is -0.553. The van der Waals surface area contributed by atoms with Crippen molar-refractivity contribution >= 4 is 17.5 Å². The number of carbonyl (C=O) groups excluding carboxylic acids is 1. The van der Waals surface area contributed by atoms with E-state index in [-0.39, 0.29) is 5.56 Å². The number of nitrogens with zero attached hydrogens (tertiary/aromatic N) is 2. The maximum Gasteiger partial charge on any atom is 0.287 e. The van der Waals surface area contributed by atoms with E-state index in [2.05, 4.69) is 5.43 Å². The lowest BCUT2D eigenvalue weighted by atomic mass is 10.1. The highest BCUT2D eigenvalue weighted by Gasteiger charge is 2.13. The molecule has 3 rings (SSSR count). The number of aryl methyl sites for hydroxylation is 2. The standard InChI is InChI=1S/C22H18ClN3O3/c1-14-11-15(2)26(22(28)18(14)12-24)25-21(27)17-9-7-16(8-10-17)13-29-20-6-4-3-5-19(20)23/h3-11H,13H2,1-2H3,(H,25,27). The predicted octanol–water partition coefficient (Wildman–Crippen LogP) is 3.95. The van der Waals surface area contributed by atoms with Crippen LogP contribution in [-0.2, 0) is 6.61 Å². The number of amides is 1. The minimum Gasteiger partial charge on any atom is -0.487 e. The Hall–Kier alpha value is -3.56. The number of carbonyl (C=O) groups is 1. The van der Waals surface area contributed by atoms with E-state index in [1.807, 2.05) is 18.2 Å². The fourth-order valence-electron chi connectivity index (χ4n) is 2.81. The molecule has 0 fully saturated rings. The zero-order valence-corrected chi connectivity index (χ0v) is 16.7. The quantitative estimate of drug-likeness (QED) is 0.694. The van der Waals surface area contributed by atoms with Crippen molar-refractivity contribution in [3.05, 3.63) is 97.9 Å². The Morgan fingerprint density at radius 1 is 1.17 bits per heavy atom. The Balaban J connectivity index is 1.72. The third-order valence-electron chi connectivity index (χ3n) is 4.36. The van der Waals surface area contributed by atoms with Crippen LogP contribution in [0.1, 0.15) is 32.7 Å². The van der Waals surface area contributed by atoms with Crippen LogP contribution in [0, 0.1) is 25.2 Å². The van der Waals surface area contributed by atoms with Crippen LogP contribution in [0.2, 0.25) is 5.02 Å². The second kappa shape index (κ2) is 8.63. The first-order valence-corrected chi connectivity index (χ1v) is 9.19. The molecule has 1 amide bonds. The molecular formula is C22H18ClN3O3. The summed E-state index contributed by atoms with van der Waals surface area (Å²) in [6.07, 6.45) is 0. The molecule has 0 unspecified atom stereocenters. The van der Waals surface area contributed by atoms with E-state index < -0.39 is 11.5 Å². The van der Waals surface area contributed by atoms with Crippen LogP contribution in [-0.4, -0.2) is 10.6 Å². The maximum absolute atomic E-state index is 12.5. The number of hydrogen-bond acceptors (Lipinski definition) is 4. The number of nitriles is 1. The number of pyridine rings is 1. The average Bonchev–Trinajstić information content (AvgIpc) is 2.71. The molecule has 0 aliphatic heterocycles. The summed E-state index contributed by atoms with van der Waals surface area (Å²) < 4.78 is 6.76. The third-order valence-corrected chi connectivity index (χ3v) is 4.67. The number of nitrogens with one attached hydrogen (secondary N) is 1. The van der Waals surface area contributed by atoms with E-state index in [9.17, 15) is 9.59 Å². The van der Waals surface area contributed by atoms with Gasteiger partial charge in [-0.25, -0.2) is 4.68 Å². The molecule has 0 radical (unpaired) electrons. The summed E-state index contributed by atoms with van der Waals surface area (Å²) in [4.78, 5) is 24.9. The molecule has 0 atom stereocenters. The Morgan fingerprint density at radius 2 is 1.86 bits per heavy atom. The van der Waals surface area contributed by atoms with Gasteiger partial charge in [0.05, 0.1) is 5.02 Å². The van der Waals surface area contributed by atoms with Crippen molar-refractivity contribution < 1.29 is 9.53 Å². The minimum absolute atomic E-state index is 0.00275. The average molecular weight is 408 g/mol. The van der Waals surface area contributed by atoms with Crippen LogP contribution in [0.25, 0.3) is 0 Å². The Morgan fingerprint density at radius 3 is 2.52 bits per heavy atom. The summed E-state index contributed by atoms with van der Waals surface area (Å²) >= 11 is 6.07. The van der Waals surface area contributed by atoms with Crippen LogP contribution in [0.15, 0.2) is 59.4 Å². The van der Waals surface area contributed by atoms with E-state index in [0.29, 0.717) is 34.2 Å². The van der Waals surface area contributed by atoms with Crippen LogP contribution in [0.5, 0.6) is 5.75 Å². The van der Waals surface area contributed by atoms with E-state index >= 15 is 0 Å². The molecule has 0 saturated carbocycles. The SMILES string of the molecule is Cc1cc(C)n(NC(=O)c2ccc(COc3ccccc3Cl)cc2)c(=O)c1C#N. The van der Waals surface area contributed by atoms with Crippen LogP contribution in [0.4, 0.5) is 0 Å². The lowest BCUT2D eigenvalue weighted by molar-refractivity contribution is 0.101. The normalized spacial score (nSPS) is 10.3. The van der Waals surface area contributed by atoms with Gasteiger partial charge in [0.2, 0.25) is 0 Å². The molecule has 6 nitrogen and oxygen atoms in total. The Kier molecular flexibility index (Phi) is 6.01. The van der Waals surface area contributed by atoms with Gasteiger partial charge < -0.3 is 4.74 Å². The van der Waals surface area contributed by atoms with Crippen molar-refractivity contribution in [3.63, 3.8) is 0 Å². The number of halogens is 1. The highest BCUT2D eigenvalue weighted by atomic mass is 35.5. The number of ether oxygens (including phenoxy) is 1. The first-order valence-electron chi connectivity index (χ1n) is 8.81. The Bertz CT molecular complexity index is 1160. The van der Waals surface area contributed by atoms with Gasteiger partial charge in [-0.1, -0.05) is 35.9 Å². The second-order valence-corrected chi connectivity index (χ2v) is 6.86. The molecule has 1 heterocycles. The molecule has 3 aromatic rings. The van der Waals surface area contributed by atoms with Gasteiger partial charge in [0.15, 0.2) is 0 Å². The fourth-order valence-corrected chi connectivity index (χ4v) is 3.00. The number of aromatic nitrogens is 1. The molecule has 1 N–H and O–H groups in total. The zero-order chi connectivity index (χ0) is 21.0. The van der Waals surface area contributed by atoms with Gasteiger partial charge >= 0.3 is 0 Å². The summed E-state index contributed by atoms with van der Waals surface area (Å²) in [6, 6.07) is 17.5. The first-order chi connectivity index (χ1) is 13.9. The van der Waals surface area contributed by atoms with Crippen molar-refractivity contribution in [3.8, 4) is 11.8 Å². The largest absolute Gasteiger partial charge is 0.487 e. The summed E-state index contributed by atoms with van der Waals surface area (Å²) in [5.41, 5.74) is 4.33. The predicted molar refractivity (Wildman–Crippen MR) is 111 cm³/mol. The van der Waals surface area contributed by atoms with Crippen molar-refractivity contribution in [2.75, 3.05) is 5.43 Å². The van der Waals surface area contributed by atoms with Gasteiger partial charge in [-0.15, -0.1) is 0 Å². The van der Waals surface area contributed by atoms with Crippen molar-refractivity contribution in [1.29, 1.82) is 5.26 Å². The van der Waals surface area contributed by atoms with Gasteiger partial charge in [-0.05, 0) is 55.3 Å². The van der Waals surface area contributed by atoms with E-state index in [1.165, 1.54) is 0 Å². The lowest BCUT2D eigenvalue weighted by Crippen LogP contribution is -2.36. The van der Waals surface area contributed by atoms with E-state index in [0.717, 1.165) is 10.2 Å². The summed E-state index contributed by atoms with van der Waals surface area (Å²) in [5.74, 6) is 0.125. The van der Waals surface area contributed by atoms with Gasteiger partial charge in [-0.2, -0.15) is 5.26 Å². The topological polar surface area (TPSA) is 84.1 Å². The molecule has 7 heteroatoms. The van der Waals surface area contributed by atoms with Gasteiger partial charge in [0, 0.05) is 11.3 Å². The molecule has 1 aromatic heterocycles. The monoisotopic (exact) mass is 407 g/mol. The molecular weight excluding hydrogens is 390 g/mol. The number of hydrogen-bond donors (Lipinski definition) is 1. The van der Waals surface area contributed by atoms with Gasteiger partial charge in [-0.3, -0.25) is 15.0 Å². The second-order valence-electron chi connectivity index (χ2n) is 6.45. The van der Waals surface area contributed by atoms with Gasteiger partial charge in [0.25, 0.3) is 11.5 Å². The van der Waals surface area contributed by atoms with Crippen molar-refractivity contribution in [1.82, 2.24) is 4.68 Å². The highest BCUT2D eigenvalue weighted by molar-refractivity contribution is 6.32. The summed E-state index contributed by atoms with van der Waals surface area (Å²) in [7, 11) is 0. The molecule has 0 bridgehead atoms. The van der Waals surface area contributed by atoms with Crippen molar-refractivity contribution in [2.24, 2.45) is 0 Å². The molecule has 2 aromatic carbocycles. The van der Waals surface area contributed by atoms with Crippen molar-refractivity contribution in [2.45, 2.75) is 20.5 Å². The number of rotatable bonds is 5. The fraction of sp³-hybridized carbons (Fsp3) is 0.136. The maximum atomic E-state index is 12.5. The zero-order valence-electron chi connectivity index (χ0n) is 15.9. The van der Waals surface area contributed by atoms with Gasteiger partial charge in [0.1, 0.15) is 24.0 Å². The third kappa shape index (κ3) is 4.48. The van der Waals surface area contributed by atoms with Crippen LogP contribution >= 0.6 is 11.6 Å². The Labute approximate surface area is 172 Å². The molecule has 0 spiro atoms. The summed E-state index contributed by atoms with van der Waals surface area (Å²) in [5, 5.41) is 9.68.